The molecule has 1 aromatic rings. The van der Waals surface area contributed by atoms with Crippen molar-refractivity contribution in [3.63, 3.8) is 0 Å². The van der Waals surface area contributed by atoms with Crippen LogP contribution in [0.15, 0.2) is 24.3 Å². The Morgan fingerprint density at radius 2 is 1.67 bits per heavy atom. The molecule has 0 aliphatic heterocycles. The molecule has 7 nitrogen and oxygen atoms in total. The van der Waals surface area contributed by atoms with Crippen LogP contribution in [0, 0.1) is 0 Å². The first-order valence-electron chi connectivity index (χ1n) is 7.60. The van der Waals surface area contributed by atoms with Crippen LogP contribution in [0.2, 0.25) is 0 Å². The van der Waals surface area contributed by atoms with Crippen LogP contribution in [0.5, 0.6) is 5.75 Å². The summed E-state index contributed by atoms with van der Waals surface area (Å²) in [6.45, 7) is 6.71. The van der Waals surface area contributed by atoms with Crippen LogP contribution in [0.4, 0.5) is 0 Å². The third-order valence-corrected chi connectivity index (χ3v) is 2.59. The van der Waals surface area contributed by atoms with E-state index in [0.29, 0.717) is 17.9 Å². The summed E-state index contributed by atoms with van der Waals surface area (Å²) in [6.07, 6.45) is 0. The average molecular weight is 337 g/mol. The zero-order chi connectivity index (χ0) is 18.2. The first-order chi connectivity index (χ1) is 11.2. The van der Waals surface area contributed by atoms with Gasteiger partial charge in [0.05, 0.1) is 6.61 Å². The highest BCUT2D eigenvalue weighted by molar-refractivity contribution is 5.96. The van der Waals surface area contributed by atoms with Gasteiger partial charge in [0.25, 0.3) is 5.91 Å². The smallest absolute Gasteiger partial charge is 0.344 e. The molecule has 0 saturated carbocycles. The Kier molecular flexibility index (Phi) is 7.23. The molecule has 0 fully saturated rings. The summed E-state index contributed by atoms with van der Waals surface area (Å²) in [7, 11) is 0. The molecule has 0 aromatic heterocycles. The average Bonchev–Trinajstić information content (AvgIpc) is 2.50. The molecule has 132 valence electrons. The van der Waals surface area contributed by atoms with Crippen molar-refractivity contribution >= 4 is 17.8 Å². The minimum Gasteiger partial charge on any atom is -0.494 e. The van der Waals surface area contributed by atoms with Gasteiger partial charge in [-0.05, 0) is 52.0 Å². The molecule has 1 amide bonds. The maximum absolute atomic E-state index is 11.9. The molecule has 0 atom stereocenters. The number of esters is 2. The van der Waals surface area contributed by atoms with Crippen LogP contribution < -0.4 is 10.1 Å². The van der Waals surface area contributed by atoms with Gasteiger partial charge in [-0.15, -0.1) is 0 Å². The van der Waals surface area contributed by atoms with Gasteiger partial charge in [-0.25, -0.2) is 4.79 Å². The van der Waals surface area contributed by atoms with E-state index in [1.54, 1.807) is 45.0 Å². The lowest BCUT2D eigenvalue weighted by molar-refractivity contribution is -0.166. The largest absolute Gasteiger partial charge is 0.494 e. The summed E-state index contributed by atoms with van der Waals surface area (Å²) >= 11 is 0. The monoisotopic (exact) mass is 337 g/mol. The number of ether oxygens (including phenoxy) is 3. The lowest BCUT2D eigenvalue weighted by Gasteiger charge is -2.19. The topological polar surface area (TPSA) is 90.9 Å². The highest BCUT2D eigenvalue weighted by atomic mass is 16.6. The molecule has 0 unspecified atom stereocenters. The minimum atomic E-state index is -0.722. The number of carbonyl (C=O) groups is 3. The summed E-state index contributed by atoms with van der Waals surface area (Å²) in [6, 6.07) is 6.51. The Hall–Kier alpha value is -2.57. The summed E-state index contributed by atoms with van der Waals surface area (Å²) in [5.74, 6) is -1.13. The third kappa shape index (κ3) is 7.62. The number of amides is 1. The zero-order valence-corrected chi connectivity index (χ0v) is 14.4. The fraction of sp³-hybridized carbons (Fsp3) is 0.471. The fourth-order valence-corrected chi connectivity index (χ4v) is 1.69. The van der Waals surface area contributed by atoms with Crippen molar-refractivity contribution in [3.8, 4) is 5.75 Å². The molecular formula is C17H23NO6. The number of hydrogen-bond donors (Lipinski definition) is 1. The van der Waals surface area contributed by atoms with Crippen molar-refractivity contribution in [2.45, 2.75) is 33.3 Å². The number of benzene rings is 1. The molecule has 0 heterocycles. The van der Waals surface area contributed by atoms with Crippen molar-refractivity contribution in [1.82, 2.24) is 5.32 Å². The molecule has 1 N–H and O–H groups in total. The van der Waals surface area contributed by atoms with Gasteiger partial charge >= 0.3 is 11.9 Å². The molecule has 0 spiro atoms. The van der Waals surface area contributed by atoms with E-state index in [4.69, 9.17) is 14.2 Å². The molecule has 24 heavy (non-hydrogen) atoms. The van der Waals surface area contributed by atoms with Crippen molar-refractivity contribution < 1.29 is 28.6 Å². The van der Waals surface area contributed by atoms with Gasteiger partial charge < -0.3 is 19.5 Å². The van der Waals surface area contributed by atoms with E-state index >= 15 is 0 Å². The van der Waals surface area contributed by atoms with E-state index in [9.17, 15) is 14.4 Å². The number of hydrogen-bond acceptors (Lipinski definition) is 6. The number of nitrogens with one attached hydrogen (secondary N) is 1. The molecule has 1 rings (SSSR count). The predicted octanol–water partition coefficient (Wildman–Crippen LogP) is 1.70. The maximum atomic E-state index is 11.9. The fourth-order valence-electron chi connectivity index (χ4n) is 1.69. The Bertz CT molecular complexity index is 574. The highest BCUT2D eigenvalue weighted by Crippen LogP contribution is 2.11. The lowest BCUT2D eigenvalue weighted by atomic mass is 10.2. The summed E-state index contributed by atoms with van der Waals surface area (Å²) in [4.78, 5) is 34.8. The van der Waals surface area contributed by atoms with E-state index in [-0.39, 0.29) is 6.54 Å². The normalized spacial score (nSPS) is 10.7. The van der Waals surface area contributed by atoms with Gasteiger partial charge in [0.2, 0.25) is 0 Å². The number of rotatable bonds is 7. The molecular weight excluding hydrogens is 314 g/mol. The first kappa shape index (κ1) is 19.5. The predicted molar refractivity (Wildman–Crippen MR) is 86.7 cm³/mol. The van der Waals surface area contributed by atoms with Crippen LogP contribution in [0.25, 0.3) is 0 Å². The van der Waals surface area contributed by atoms with E-state index in [1.807, 2.05) is 6.92 Å². The second kappa shape index (κ2) is 8.90. The van der Waals surface area contributed by atoms with Crippen molar-refractivity contribution in [2.75, 3.05) is 19.8 Å². The van der Waals surface area contributed by atoms with Crippen LogP contribution >= 0.6 is 0 Å². The Morgan fingerprint density at radius 1 is 1.04 bits per heavy atom. The molecule has 0 aliphatic rings. The first-order valence-corrected chi connectivity index (χ1v) is 7.60. The van der Waals surface area contributed by atoms with Crippen molar-refractivity contribution in [2.24, 2.45) is 0 Å². The van der Waals surface area contributed by atoms with Gasteiger partial charge in [0, 0.05) is 5.56 Å². The zero-order valence-electron chi connectivity index (χ0n) is 14.4. The van der Waals surface area contributed by atoms with Gasteiger partial charge in [0.1, 0.15) is 17.9 Å². The van der Waals surface area contributed by atoms with Crippen LogP contribution in [0.3, 0.4) is 0 Å². The van der Waals surface area contributed by atoms with Crippen LogP contribution in [0.1, 0.15) is 38.1 Å². The molecule has 0 aliphatic carbocycles. The minimum absolute atomic E-state index is 0.338. The van der Waals surface area contributed by atoms with E-state index < -0.39 is 30.1 Å². The Labute approximate surface area is 141 Å². The SMILES string of the molecule is CCOc1ccc(C(=O)NCC(=O)OCC(=O)OC(C)(C)C)cc1. The molecule has 0 saturated heterocycles. The second-order valence-electron chi connectivity index (χ2n) is 5.89. The van der Waals surface area contributed by atoms with E-state index in [0.717, 1.165) is 0 Å². The third-order valence-electron chi connectivity index (χ3n) is 2.59. The standard InChI is InChI=1S/C17H23NO6/c1-5-22-13-8-6-12(7-9-13)16(21)18-10-14(19)23-11-15(20)24-17(2,3)4/h6-9H,5,10-11H2,1-4H3,(H,18,21). The Morgan fingerprint density at radius 3 is 2.21 bits per heavy atom. The van der Waals surface area contributed by atoms with Gasteiger partial charge in [-0.3, -0.25) is 9.59 Å². The van der Waals surface area contributed by atoms with E-state index in [2.05, 4.69) is 5.32 Å². The molecule has 0 radical (unpaired) electrons. The Balaban J connectivity index is 2.35. The highest BCUT2D eigenvalue weighted by Gasteiger charge is 2.18. The summed E-state index contributed by atoms with van der Waals surface area (Å²) in [5.41, 5.74) is -0.260. The summed E-state index contributed by atoms with van der Waals surface area (Å²) in [5, 5.41) is 2.42. The van der Waals surface area contributed by atoms with Crippen LogP contribution in [-0.4, -0.2) is 43.2 Å². The molecule has 0 bridgehead atoms. The molecule has 7 heteroatoms. The van der Waals surface area contributed by atoms with Gasteiger partial charge in [-0.1, -0.05) is 0 Å². The lowest BCUT2D eigenvalue weighted by Crippen LogP contribution is -2.32. The maximum Gasteiger partial charge on any atom is 0.344 e. The second-order valence-corrected chi connectivity index (χ2v) is 5.89. The van der Waals surface area contributed by atoms with Crippen molar-refractivity contribution in [3.05, 3.63) is 29.8 Å². The van der Waals surface area contributed by atoms with E-state index in [1.165, 1.54) is 0 Å². The van der Waals surface area contributed by atoms with Crippen LogP contribution in [-0.2, 0) is 19.1 Å². The van der Waals surface area contributed by atoms with Gasteiger partial charge in [-0.2, -0.15) is 0 Å². The number of carbonyl (C=O) groups excluding carboxylic acids is 3. The molecule has 1 aromatic carbocycles. The summed E-state index contributed by atoms with van der Waals surface area (Å²) < 4.78 is 15.0. The van der Waals surface area contributed by atoms with Crippen molar-refractivity contribution in [1.29, 1.82) is 0 Å². The quantitative estimate of drug-likeness (QED) is 0.762. The van der Waals surface area contributed by atoms with Gasteiger partial charge in [0.15, 0.2) is 6.61 Å².